The molecule has 5 heteroatoms. The number of fused-ring (bicyclic) bond motifs is 1. The number of aromatic nitrogens is 1. The van der Waals surface area contributed by atoms with Crippen molar-refractivity contribution in [2.45, 2.75) is 32.2 Å². The zero-order chi connectivity index (χ0) is 14.1. The van der Waals surface area contributed by atoms with Crippen molar-refractivity contribution in [3.05, 3.63) is 28.2 Å². The Labute approximate surface area is 117 Å². The Bertz CT molecular complexity index is 653. The van der Waals surface area contributed by atoms with E-state index in [1.165, 1.54) is 5.56 Å². The molecule has 20 heavy (non-hydrogen) atoms. The Balaban J connectivity index is 2.01. The van der Waals surface area contributed by atoms with Crippen LogP contribution in [-0.2, 0) is 11.2 Å². The highest BCUT2D eigenvalue weighted by atomic mass is 16.5. The molecule has 5 nitrogen and oxygen atoms in total. The summed E-state index contributed by atoms with van der Waals surface area (Å²) < 4.78 is 10.7. The Morgan fingerprint density at radius 3 is 3.00 bits per heavy atom. The van der Waals surface area contributed by atoms with Gasteiger partial charge < -0.3 is 14.1 Å². The van der Waals surface area contributed by atoms with E-state index in [4.69, 9.17) is 9.15 Å². The van der Waals surface area contributed by atoms with Crippen LogP contribution in [0.15, 0.2) is 21.3 Å². The number of aromatic amines is 1. The molecule has 1 unspecified atom stereocenters. The highest BCUT2D eigenvalue weighted by molar-refractivity contribution is 5.79. The Kier molecular flexibility index (Phi) is 3.53. The zero-order valence-corrected chi connectivity index (χ0v) is 11.9. The smallest absolute Gasteiger partial charge is 0.408 e. The van der Waals surface area contributed by atoms with Crippen molar-refractivity contribution in [1.29, 1.82) is 0 Å². The quantitative estimate of drug-likeness (QED) is 0.934. The predicted octanol–water partition coefficient (Wildman–Crippen LogP) is 2.30. The molecular formula is C15H20N2O3. The minimum atomic E-state index is -0.400. The first kappa shape index (κ1) is 13.2. The van der Waals surface area contributed by atoms with Gasteiger partial charge in [0.05, 0.1) is 18.2 Å². The second-order valence-corrected chi connectivity index (χ2v) is 5.33. The van der Waals surface area contributed by atoms with Crippen LogP contribution in [0.4, 0.5) is 5.69 Å². The van der Waals surface area contributed by atoms with E-state index in [1.54, 1.807) is 0 Å². The number of hydrogen-bond donors (Lipinski definition) is 1. The molecule has 2 heterocycles. The van der Waals surface area contributed by atoms with E-state index in [9.17, 15) is 4.79 Å². The molecule has 1 fully saturated rings. The number of ether oxygens (including phenoxy) is 1. The Hall–Kier alpha value is -1.75. The van der Waals surface area contributed by atoms with Gasteiger partial charge in [0, 0.05) is 25.4 Å². The maximum atomic E-state index is 11.3. The minimum absolute atomic E-state index is 0.386. The highest BCUT2D eigenvalue weighted by Crippen LogP contribution is 2.28. The summed E-state index contributed by atoms with van der Waals surface area (Å²) >= 11 is 0. The minimum Gasteiger partial charge on any atom is -0.408 e. The fourth-order valence-corrected chi connectivity index (χ4v) is 2.87. The van der Waals surface area contributed by atoms with E-state index < -0.39 is 5.76 Å². The Morgan fingerprint density at radius 2 is 2.30 bits per heavy atom. The molecule has 2 aromatic rings. The first-order valence-electron chi connectivity index (χ1n) is 7.15. The molecule has 108 valence electrons. The van der Waals surface area contributed by atoms with Gasteiger partial charge in [0.15, 0.2) is 5.58 Å². The molecule has 1 aliphatic rings. The van der Waals surface area contributed by atoms with Crippen LogP contribution in [0, 0.1) is 0 Å². The summed E-state index contributed by atoms with van der Waals surface area (Å²) in [6.07, 6.45) is 3.14. The molecule has 1 aliphatic heterocycles. The fourth-order valence-electron chi connectivity index (χ4n) is 2.87. The van der Waals surface area contributed by atoms with Crippen molar-refractivity contribution < 1.29 is 9.15 Å². The van der Waals surface area contributed by atoms with Gasteiger partial charge in [-0.3, -0.25) is 4.98 Å². The molecule has 0 amide bonds. The van der Waals surface area contributed by atoms with E-state index in [0.29, 0.717) is 11.6 Å². The maximum Gasteiger partial charge on any atom is 0.417 e. The first-order valence-corrected chi connectivity index (χ1v) is 7.15. The van der Waals surface area contributed by atoms with Gasteiger partial charge in [-0.05, 0) is 30.9 Å². The maximum absolute atomic E-state index is 11.3. The summed E-state index contributed by atoms with van der Waals surface area (Å²) in [5.41, 5.74) is 3.72. The van der Waals surface area contributed by atoms with Gasteiger partial charge in [0.1, 0.15) is 0 Å². The average Bonchev–Trinajstić information content (AvgIpc) is 2.85. The van der Waals surface area contributed by atoms with Crippen LogP contribution in [0.25, 0.3) is 11.1 Å². The van der Waals surface area contributed by atoms with Crippen LogP contribution in [0.2, 0.25) is 0 Å². The number of rotatable bonds is 3. The van der Waals surface area contributed by atoms with Crippen molar-refractivity contribution in [3.63, 3.8) is 0 Å². The van der Waals surface area contributed by atoms with Crippen LogP contribution < -0.4 is 10.7 Å². The van der Waals surface area contributed by atoms with Gasteiger partial charge in [0.25, 0.3) is 0 Å². The molecular weight excluding hydrogens is 256 g/mol. The van der Waals surface area contributed by atoms with Crippen LogP contribution >= 0.6 is 0 Å². The molecule has 1 atom stereocenters. The molecule has 0 bridgehead atoms. The number of anilines is 1. The second kappa shape index (κ2) is 5.32. The summed E-state index contributed by atoms with van der Waals surface area (Å²) in [6, 6.07) is 4.35. The van der Waals surface area contributed by atoms with Gasteiger partial charge in [-0.25, -0.2) is 4.79 Å². The van der Waals surface area contributed by atoms with Crippen LogP contribution in [-0.4, -0.2) is 31.3 Å². The summed E-state index contributed by atoms with van der Waals surface area (Å²) in [4.78, 5) is 16.3. The molecule has 1 aromatic carbocycles. The van der Waals surface area contributed by atoms with Gasteiger partial charge >= 0.3 is 5.76 Å². The molecule has 0 saturated carbocycles. The first-order chi connectivity index (χ1) is 9.69. The van der Waals surface area contributed by atoms with E-state index >= 15 is 0 Å². The summed E-state index contributed by atoms with van der Waals surface area (Å²) in [7, 11) is 2.09. The topological polar surface area (TPSA) is 58.5 Å². The van der Waals surface area contributed by atoms with Gasteiger partial charge in [0.2, 0.25) is 0 Å². The molecule has 0 aliphatic carbocycles. The molecule has 1 aromatic heterocycles. The number of nitrogens with zero attached hydrogens (tertiary/aromatic N) is 1. The number of aryl methyl sites for hydroxylation is 1. The predicted molar refractivity (Wildman–Crippen MR) is 78.5 cm³/mol. The zero-order valence-electron chi connectivity index (χ0n) is 11.9. The van der Waals surface area contributed by atoms with Gasteiger partial charge in [-0.2, -0.15) is 0 Å². The second-order valence-electron chi connectivity index (χ2n) is 5.33. The third-order valence-corrected chi connectivity index (χ3v) is 4.07. The monoisotopic (exact) mass is 276 g/mol. The average molecular weight is 276 g/mol. The summed E-state index contributed by atoms with van der Waals surface area (Å²) in [6.45, 7) is 3.74. The number of benzene rings is 1. The van der Waals surface area contributed by atoms with E-state index in [2.05, 4.69) is 23.9 Å². The number of oxazole rings is 1. The molecule has 0 spiro atoms. The van der Waals surface area contributed by atoms with Crippen molar-refractivity contribution in [3.8, 4) is 0 Å². The standard InChI is InChI=1S/C15H20N2O3/c1-3-10-7-12-14(20-15(18)16-12)8-13(10)17(2)11-5-4-6-19-9-11/h7-8,11H,3-6,9H2,1-2H3,(H,16,18). The molecule has 3 rings (SSSR count). The number of hydrogen-bond acceptors (Lipinski definition) is 4. The van der Waals surface area contributed by atoms with Crippen LogP contribution in [0.3, 0.4) is 0 Å². The van der Waals surface area contributed by atoms with Crippen molar-refractivity contribution >= 4 is 16.8 Å². The largest absolute Gasteiger partial charge is 0.417 e. The van der Waals surface area contributed by atoms with Crippen LogP contribution in [0.1, 0.15) is 25.3 Å². The summed E-state index contributed by atoms with van der Waals surface area (Å²) in [5.74, 6) is -0.400. The van der Waals surface area contributed by atoms with Gasteiger partial charge in [-0.15, -0.1) is 0 Å². The third kappa shape index (κ3) is 2.33. The number of H-pyrrole nitrogens is 1. The van der Waals surface area contributed by atoms with Crippen molar-refractivity contribution in [2.24, 2.45) is 0 Å². The van der Waals surface area contributed by atoms with Crippen LogP contribution in [0.5, 0.6) is 0 Å². The lowest BCUT2D eigenvalue weighted by atomic mass is 10.0. The number of nitrogens with one attached hydrogen (secondary N) is 1. The summed E-state index contributed by atoms with van der Waals surface area (Å²) in [5, 5.41) is 0. The fraction of sp³-hybridized carbons (Fsp3) is 0.533. The Morgan fingerprint density at radius 1 is 1.45 bits per heavy atom. The molecule has 0 radical (unpaired) electrons. The van der Waals surface area contributed by atoms with E-state index in [1.807, 2.05) is 12.1 Å². The van der Waals surface area contributed by atoms with Crippen molar-refractivity contribution in [2.75, 3.05) is 25.2 Å². The number of likely N-dealkylation sites (N-methyl/N-ethyl adjacent to an activating group) is 1. The molecule has 1 saturated heterocycles. The lowest BCUT2D eigenvalue weighted by Gasteiger charge is -2.34. The normalized spacial score (nSPS) is 19.4. The van der Waals surface area contributed by atoms with E-state index in [-0.39, 0.29) is 0 Å². The lowest BCUT2D eigenvalue weighted by molar-refractivity contribution is 0.0807. The lowest BCUT2D eigenvalue weighted by Crippen LogP contribution is -2.39. The third-order valence-electron chi connectivity index (χ3n) is 4.07. The van der Waals surface area contributed by atoms with Crippen molar-refractivity contribution in [1.82, 2.24) is 4.98 Å². The van der Waals surface area contributed by atoms with E-state index in [0.717, 1.165) is 43.7 Å². The van der Waals surface area contributed by atoms with Gasteiger partial charge in [-0.1, -0.05) is 6.92 Å². The SMILES string of the molecule is CCc1cc2[nH]c(=O)oc2cc1N(C)C1CCCOC1. The molecule has 1 N–H and O–H groups in total. The highest BCUT2D eigenvalue weighted by Gasteiger charge is 2.21.